The van der Waals surface area contributed by atoms with Crippen molar-refractivity contribution in [2.75, 3.05) is 13.1 Å². The first-order chi connectivity index (χ1) is 11.1. The molecule has 0 aromatic rings. The van der Waals surface area contributed by atoms with Crippen LogP contribution in [0.4, 0.5) is 0 Å². The van der Waals surface area contributed by atoms with Gasteiger partial charge in [0.15, 0.2) is 6.29 Å². The van der Waals surface area contributed by atoms with E-state index in [2.05, 4.69) is 6.92 Å². The molecule has 0 spiro atoms. The Labute approximate surface area is 109 Å². The molecule has 0 aromatic carbocycles. The van der Waals surface area contributed by atoms with Crippen molar-refractivity contribution < 1.29 is 23.2 Å². The first-order valence-electron chi connectivity index (χ1n) is 10.5. The Morgan fingerprint density at radius 1 is 1.00 bits per heavy atom. The van der Waals surface area contributed by atoms with Gasteiger partial charge in [0.2, 0.25) is 0 Å². The van der Waals surface area contributed by atoms with Crippen LogP contribution in [0.15, 0.2) is 0 Å². The number of ether oxygens (including phenoxy) is 2. The third-order valence-corrected chi connectivity index (χ3v) is 2.17. The van der Waals surface area contributed by atoms with E-state index in [-0.39, 0.29) is 6.42 Å². The minimum Gasteiger partial charge on any atom is -0.353 e. The molecule has 0 N–H and O–H groups in total. The monoisotopic (exact) mass is 226 g/mol. The average molecular weight is 226 g/mol. The maximum absolute atomic E-state index is 7.48. The molecule has 0 bridgehead atoms. The van der Waals surface area contributed by atoms with Gasteiger partial charge >= 0.3 is 0 Å². The number of unbranched alkanes of at least 4 members (excludes halogenated alkanes) is 5. The van der Waals surface area contributed by atoms with Crippen LogP contribution in [0, 0.1) is 0 Å². The zero-order chi connectivity index (χ0) is 19.9. The molecule has 0 aromatic heterocycles. The second-order valence-corrected chi connectivity index (χ2v) is 3.43. The van der Waals surface area contributed by atoms with Crippen LogP contribution >= 0.6 is 0 Å². The highest BCUT2D eigenvalue weighted by Crippen LogP contribution is 2.11. The molecule has 0 fully saturated rings. The summed E-state index contributed by atoms with van der Waals surface area (Å²) in [6.07, 6.45) is 3.70. The number of hydrogen-bond acceptors (Lipinski definition) is 2. The molecule has 0 aliphatic rings. The first kappa shape index (κ1) is 5.05. The lowest BCUT2D eigenvalue weighted by molar-refractivity contribution is -0.140. The van der Waals surface area contributed by atoms with Crippen LogP contribution in [-0.4, -0.2) is 19.4 Å². The van der Waals surface area contributed by atoms with Gasteiger partial charge in [-0.25, -0.2) is 0 Å². The molecule has 0 amide bonds. The molecule has 92 valence electrons. The molecule has 0 radical (unpaired) electrons. The lowest BCUT2D eigenvalue weighted by Gasteiger charge is -2.16. The summed E-state index contributed by atoms with van der Waals surface area (Å²) < 4.78 is 82.4. The molecule has 0 saturated heterocycles. The van der Waals surface area contributed by atoms with Crippen molar-refractivity contribution in [3.63, 3.8) is 0 Å². The van der Waals surface area contributed by atoms with Crippen LogP contribution in [0.1, 0.15) is 79.3 Å². The molecule has 0 aliphatic carbocycles. The summed E-state index contributed by atoms with van der Waals surface area (Å²) in [7, 11) is 0. The van der Waals surface area contributed by atoms with Gasteiger partial charge in [-0.15, -0.1) is 0 Å². The lowest BCUT2D eigenvalue weighted by atomic mass is 10.1. The van der Waals surface area contributed by atoms with E-state index in [1.165, 1.54) is 0 Å². The Morgan fingerprint density at radius 3 is 2.20 bits per heavy atom. The molecule has 2 nitrogen and oxygen atoms in total. The smallest absolute Gasteiger partial charge is 0.157 e. The van der Waals surface area contributed by atoms with E-state index in [4.69, 9.17) is 23.2 Å². The van der Waals surface area contributed by atoms with Gasteiger partial charge in [-0.05, 0) is 26.5 Å². The van der Waals surface area contributed by atoms with Gasteiger partial charge in [0, 0.05) is 21.3 Å². The molecule has 0 aliphatic heterocycles. The molecular weight excluding hydrogens is 188 g/mol. The fourth-order valence-corrected chi connectivity index (χ4v) is 1.36. The summed E-state index contributed by atoms with van der Waals surface area (Å²) in [6, 6.07) is 0. The zero-order valence-corrected chi connectivity index (χ0v) is 9.34. The summed E-state index contributed by atoms with van der Waals surface area (Å²) in [5, 5.41) is 0. The maximum Gasteiger partial charge on any atom is 0.157 e. The molecule has 0 saturated carbocycles. The average Bonchev–Trinajstić information content (AvgIpc) is 2.39. The number of rotatable bonds is 11. The third-order valence-electron chi connectivity index (χ3n) is 2.17. The van der Waals surface area contributed by atoms with Gasteiger partial charge in [-0.3, -0.25) is 0 Å². The predicted molar refractivity (Wildman–Crippen MR) is 65.0 cm³/mol. The second kappa shape index (κ2) is 12.0. The van der Waals surface area contributed by atoms with Crippen LogP contribution in [0.3, 0.4) is 0 Å². The second-order valence-electron chi connectivity index (χ2n) is 3.43. The summed E-state index contributed by atoms with van der Waals surface area (Å²) in [4.78, 5) is 0. The Balaban J connectivity index is 4.89. The fourth-order valence-electron chi connectivity index (χ4n) is 1.36. The minimum absolute atomic E-state index is 0.00267. The fraction of sp³-hybridized carbons (Fsp3) is 1.00. The molecule has 2 heteroatoms. The first-order valence-corrected chi connectivity index (χ1v) is 5.50. The van der Waals surface area contributed by atoms with Gasteiger partial charge < -0.3 is 9.47 Å². The van der Waals surface area contributed by atoms with E-state index >= 15 is 0 Å². The van der Waals surface area contributed by atoms with Crippen molar-refractivity contribution in [1.29, 1.82) is 0 Å². The van der Waals surface area contributed by atoms with Crippen molar-refractivity contribution in [3.8, 4) is 0 Å². The minimum atomic E-state index is -3.11. The lowest BCUT2D eigenvalue weighted by Crippen LogP contribution is -2.17. The Hall–Kier alpha value is -0.0800. The van der Waals surface area contributed by atoms with Gasteiger partial charge in [-0.2, -0.15) is 0 Å². The Bertz CT molecular complexity index is 350. The van der Waals surface area contributed by atoms with E-state index in [9.17, 15) is 0 Å². The summed E-state index contributed by atoms with van der Waals surface area (Å²) in [6.45, 7) is -10.3. The Kier molecular flexibility index (Phi) is 4.04. The van der Waals surface area contributed by atoms with E-state index in [1.807, 2.05) is 0 Å². The summed E-state index contributed by atoms with van der Waals surface area (Å²) in [5.41, 5.74) is 0. The van der Waals surface area contributed by atoms with Crippen molar-refractivity contribution in [1.82, 2.24) is 0 Å². The highest BCUT2D eigenvalue weighted by atomic mass is 16.7. The topological polar surface area (TPSA) is 18.5 Å². The SMILES string of the molecule is [2H]C([2H])([2H])C([2H])([2H])OC(CCCCCCCC)OC([2H])([2H])C([2H])([2H])[2H]. The van der Waals surface area contributed by atoms with Crippen LogP contribution < -0.4 is 0 Å². The van der Waals surface area contributed by atoms with E-state index in [1.54, 1.807) is 0 Å². The number of hydrogen-bond donors (Lipinski definition) is 0. The van der Waals surface area contributed by atoms with E-state index < -0.39 is 33.1 Å². The maximum atomic E-state index is 7.48. The third kappa shape index (κ3) is 10.2. The van der Waals surface area contributed by atoms with Crippen LogP contribution in [-0.2, 0) is 9.47 Å². The highest BCUT2D eigenvalue weighted by molar-refractivity contribution is 4.49. The van der Waals surface area contributed by atoms with Crippen molar-refractivity contribution in [2.45, 2.75) is 71.9 Å². The van der Waals surface area contributed by atoms with Crippen LogP contribution in [0.2, 0.25) is 0 Å². The van der Waals surface area contributed by atoms with Gasteiger partial charge in [0.1, 0.15) is 0 Å². The van der Waals surface area contributed by atoms with E-state index in [0.29, 0.717) is 6.42 Å². The standard InChI is InChI=1S/C13H28O2/c1-4-7-8-9-10-11-12-13(14-5-2)15-6-3/h13H,4-12H2,1-3H3/i2D3,3D3,5D2,6D2. The van der Waals surface area contributed by atoms with Crippen LogP contribution in [0.5, 0.6) is 0 Å². The van der Waals surface area contributed by atoms with Crippen molar-refractivity contribution in [2.24, 2.45) is 0 Å². The van der Waals surface area contributed by atoms with Gasteiger partial charge in [-0.1, -0.05) is 39.0 Å². The molecule has 0 unspecified atom stereocenters. The van der Waals surface area contributed by atoms with E-state index in [0.717, 1.165) is 32.1 Å². The molecule has 15 heavy (non-hydrogen) atoms. The zero-order valence-electron chi connectivity index (χ0n) is 19.3. The molecule has 0 rings (SSSR count). The highest BCUT2D eigenvalue weighted by Gasteiger charge is 2.06. The van der Waals surface area contributed by atoms with Crippen molar-refractivity contribution in [3.05, 3.63) is 0 Å². The predicted octanol–water partition coefficient (Wildman–Crippen LogP) is 4.14. The molecule has 0 atom stereocenters. The normalized spacial score (nSPS) is 24.7. The summed E-state index contributed by atoms with van der Waals surface area (Å²) in [5.74, 6) is 0. The summed E-state index contributed by atoms with van der Waals surface area (Å²) >= 11 is 0. The molecular formula is C13H28O2. The van der Waals surface area contributed by atoms with Crippen LogP contribution in [0.25, 0.3) is 0 Å². The quantitative estimate of drug-likeness (QED) is 0.389. The van der Waals surface area contributed by atoms with Gasteiger partial charge in [0.05, 0.1) is 5.48 Å². The largest absolute Gasteiger partial charge is 0.353 e. The van der Waals surface area contributed by atoms with Crippen molar-refractivity contribution >= 4 is 0 Å². The van der Waals surface area contributed by atoms with Gasteiger partial charge in [0.25, 0.3) is 0 Å². The molecule has 0 heterocycles. The Morgan fingerprint density at radius 2 is 1.60 bits per heavy atom.